The van der Waals surface area contributed by atoms with Crippen LogP contribution in [0.5, 0.6) is 0 Å². The Morgan fingerprint density at radius 1 is 1.03 bits per heavy atom. The number of imidazole rings is 1. The van der Waals surface area contributed by atoms with E-state index in [-0.39, 0.29) is 24.0 Å². The smallest absolute Gasteiger partial charge is 0.236 e. The molecule has 0 saturated heterocycles. The molecule has 2 heterocycles. The van der Waals surface area contributed by atoms with E-state index < -0.39 is 0 Å². The van der Waals surface area contributed by atoms with Crippen molar-refractivity contribution in [1.82, 2.24) is 14.5 Å². The quantitative estimate of drug-likeness (QED) is 0.335. The number of nitrogens with zero attached hydrogens (tertiary/aromatic N) is 3. The number of carbonyl (C=O) groups excluding carboxylic acids is 2. The lowest BCUT2D eigenvalue weighted by Crippen LogP contribution is -2.15. The van der Waals surface area contributed by atoms with Crippen molar-refractivity contribution in [2.24, 2.45) is 0 Å². The largest absolute Gasteiger partial charge is 0.311 e. The summed E-state index contributed by atoms with van der Waals surface area (Å²) < 4.78 is 1.88. The highest BCUT2D eigenvalue weighted by molar-refractivity contribution is 7.99. The van der Waals surface area contributed by atoms with Gasteiger partial charge in [0.05, 0.1) is 29.0 Å². The SMILES string of the molecule is Cc1nc(NC(=O)CSc2nc3ccccc3n2CC(=O)c2ccccc2)sc1C. The molecule has 0 unspecified atom stereocenters. The van der Waals surface area contributed by atoms with Crippen molar-refractivity contribution < 1.29 is 9.59 Å². The van der Waals surface area contributed by atoms with Gasteiger partial charge in [0.1, 0.15) is 0 Å². The molecule has 30 heavy (non-hydrogen) atoms. The lowest BCUT2D eigenvalue weighted by atomic mass is 10.1. The molecule has 152 valence electrons. The molecule has 6 nitrogen and oxygen atoms in total. The summed E-state index contributed by atoms with van der Waals surface area (Å²) >= 11 is 2.77. The van der Waals surface area contributed by atoms with Crippen molar-refractivity contribution in [2.45, 2.75) is 25.5 Å². The molecule has 0 radical (unpaired) electrons. The molecule has 0 saturated carbocycles. The van der Waals surface area contributed by atoms with Gasteiger partial charge in [-0.15, -0.1) is 11.3 Å². The fourth-order valence-electron chi connectivity index (χ4n) is 2.99. The number of hydrogen-bond donors (Lipinski definition) is 1. The van der Waals surface area contributed by atoms with Crippen molar-refractivity contribution in [3.8, 4) is 0 Å². The maximum absolute atomic E-state index is 12.8. The van der Waals surface area contributed by atoms with Crippen LogP contribution in [0.1, 0.15) is 20.9 Å². The Balaban J connectivity index is 1.52. The van der Waals surface area contributed by atoms with Gasteiger partial charge in [-0.25, -0.2) is 9.97 Å². The minimum absolute atomic E-state index is 0.00112. The summed E-state index contributed by atoms with van der Waals surface area (Å²) in [6, 6.07) is 16.9. The molecule has 1 amide bonds. The third-order valence-corrected chi connectivity index (χ3v) is 6.59. The van der Waals surface area contributed by atoms with Crippen LogP contribution in [0.25, 0.3) is 11.0 Å². The molecular formula is C22H20N4O2S2. The van der Waals surface area contributed by atoms with Crippen LogP contribution in [0, 0.1) is 13.8 Å². The Kier molecular flexibility index (Phi) is 5.96. The van der Waals surface area contributed by atoms with Gasteiger partial charge in [-0.2, -0.15) is 0 Å². The van der Waals surface area contributed by atoms with Crippen molar-refractivity contribution in [3.05, 3.63) is 70.7 Å². The van der Waals surface area contributed by atoms with Gasteiger partial charge in [0.15, 0.2) is 16.1 Å². The van der Waals surface area contributed by atoms with Gasteiger partial charge in [-0.1, -0.05) is 54.2 Å². The second-order valence-electron chi connectivity index (χ2n) is 6.76. The molecule has 8 heteroatoms. The number of fused-ring (bicyclic) bond motifs is 1. The number of carbonyl (C=O) groups is 2. The zero-order valence-corrected chi connectivity index (χ0v) is 18.2. The molecule has 1 N–H and O–H groups in total. The number of aromatic nitrogens is 3. The van der Waals surface area contributed by atoms with Crippen LogP contribution in [0.3, 0.4) is 0 Å². The average Bonchev–Trinajstić information content (AvgIpc) is 3.26. The fraction of sp³-hybridized carbons (Fsp3) is 0.182. The number of rotatable bonds is 7. The van der Waals surface area contributed by atoms with Crippen LogP contribution in [-0.4, -0.2) is 32.0 Å². The van der Waals surface area contributed by atoms with Crippen LogP contribution in [0.4, 0.5) is 5.13 Å². The van der Waals surface area contributed by atoms with Gasteiger partial charge in [0.2, 0.25) is 5.91 Å². The molecule has 0 bridgehead atoms. The van der Waals surface area contributed by atoms with E-state index in [2.05, 4.69) is 15.3 Å². The fourth-order valence-corrected chi connectivity index (χ4v) is 4.63. The molecule has 0 atom stereocenters. The molecule has 0 spiro atoms. The first-order valence-corrected chi connectivity index (χ1v) is 11.2. The average molecular weight is 437 g/mol. The number of amides is 1. The minimum Gasteiger partial charge on any atom is -0.311 e. The molecule has 4 rings (SSSR count). The molecular weight excluding hydrogens is 416 g/mol. The summed E-state index contributed by atoms with van der Waals surface area (Å²) in [5.41, 5.74) is 3.24. The number of ketones is 1. The summed E-state index contributed by atoms with van der Waals surface area (Å²) in [5.74, 6) is 0.0288. The third kappa shape index (κ3) is 4.44. The zero-order valence-electron chi connectivity index (χ0n) is 16.6. The van der Waals surface area contributed by atoms with Crippen molar-refractivity contribution in [2.75, 3.05) is 11.1 Å². The van der Waals surface area contributed by atoms with E-state index in [4.69, 9.17) is 0 Å². The first kappa shape index (κ1) is 20.3. The van der Waals surface area contributed by atoms with Crippen molar-refractivity contribution in [3.63, 3.8) is 0 Å². The number of hydrogen-bond acceptors (Lipinski definition) is 6. The number of Topliss-reactive ketones (excluding diaryl/α,β-unsaturated/α-hetero) is 1. The van der Waals surface area contributed by atoms with E-state index in [0.29, 0.717) is 15.9 Å². The van der Waals surface area contributed by atoms with E-state index in [1.54, 1.807) is 12.1 Å². The third-order valence-electron chi connectivity index (χ3n) is 4.62. The number of nitrogens with one attached hydrogen (secondary N) is 1. The monoisotopic (exact) mass is 436 g/mol. The molecule has 0 aliphatic carbocycles. The number of thiazole rings is 1. The van der Waals surface area contributed by atoms with Gasteiger partial charge in [-0.3, -0.25) is 9.59 Å². The Morgan fingerprint density at radius 2 is 1.77 bits per heavy atom. The highest BCUT2D eigenvalue weighted by atomic mass is 32.2. The highest BCUT2D eigenvalue weighted by Gasteiger charge is 2.17. The number of benzene rings is 2. The number of para-hydroxylation sites is 2. The van der Waals surface area contributed by atoms with E-state index >= 15 is 0 Å². The van der Waals surface area contributed by atoms with E-state index in [9.17, 15) is 9.59 Å². The maximum atomic E-state index is 12.8. The molecule has 4 aromatic rings. The summed E-state index contributed by atoms with van der Waals surface area (Å²) in [5, 5.41) is 4.08. The standard InChI is InChI=1S/C22H20N4O2S2/c1-14-15(2)30-21(23-14)25-20(28)13-29-22-24-17-10-6-7-11-18(17)26(22)12-19(27)16-8-4-3-5-9-16/h3-11H,12-13H2,1-2H3,(H,23,25,28). The molecule has 0 aliphatic rings. The maximum Gasteiger partial charge on any atom is 0.236 e. The number of aryl methyl sites for hydroxylation is 2. The molecule has 0 fully saturated rings. The van der Waals surface area contributed by atoms with Gasteiger partial charge < -0.3 is 9.88 Å². The second-order valence-corrected chi connectivity index (χ2v) is 8.90. The van der Waals surface area contributed by atoms with E-state index in [0.717, 1.165) is 21.6 Å². The molecule has 2 aromatic heterocycles. The number of anilines is 1. The van der Waals surface area contributed by atoms with Crippen LogP contribution >= 0.6 is 23.1 Å². The normalized spacial score (nSPS) is 11.0. The molecule has 2 aromatic carbocycles. The molecule has 0 aliphatic heterocycles. The summed E-state index contributed by atoms with van der Waals surface area (Å²) in [7, 11) is 0. The second kappa shape index (κ2) is 8.81. The first-order chi connectivity index (χ1) is 14.5. The predicted molar refractivity (Wildman–Crippen MR) is 121 cm³/mol. The van der Waals surface area contributed by atoms with Gasteiger partial charge >= 0.3 is 0 Å². The topological polar surface area (TPSA) is 76.9 Å². The Bertz CT molecular complexity index is 1200. The summed E-state index contributed by atoms with van der Waals surface area (Å²) in [4.78, 5) is 35.2. The Labute approximate surface area is 182 Å². The lowest BCUT2D eigenvalue weighted by molar-refractivity contribution is -0.113. The van der Waals surface area contributed by atoms with E-state index in [1.165, 1.54) is 23.1 Å². The van der Waals surface area contributed by atoms with Gasteiger partial charge in [-0.05, 0) is 26.0 Å². The van der Waals surface area contributed by atoms with Crippen molar-refractivity contribution in [1.29, 1.82) is 0 Å². The summed E-state index contributed by atoms with van der Waals surface area (Å²) in [6.07, 6.45) is 0. The van der Waals surface area contributed by atoms with Crippen molar-refractivity contribution >= 4 is 51.0 Å². The van der Waals surface area contributed by atoms with Crippen LogP contribution < -0.4 is 5.32 Å². The number of thioether (sulfide) groups is 1. The zero-order chi connectivity index (χ0) is 21.1. The summed E-state index contributed by atoms with van der Waals surface area (Å²) in [6.45, 7) is 4.06. The van der Waals surface area contributed by atoms with Gasteiger partial charge in [0.25, 0.3) is 0 Å². The highest BCUT2D eigenvalue weighted by Crippen LogP contribution is 2.26. The van der Waals surface area contributed by atoms with Crippen LogP contribution in [0.2, 0.25) is 0 Å². The van der Waals surface area contributed by atoms with Gasteiger partial charge in [0, 0.05) is 10.4 Å². The lowest BCUT2D eigenvalue weighted by Gasteiger charge is -2.08. The van der Waals surface area contributed by atoms with Crippen LogP contribution in [0.15, 0.2) is 59.8 Å². The van der Waals surface area contributed by atoms with Crippen LogP contribution in [-0.2, 0) is 11.3 Å². The predicted octanol–water partition coefficient (Wildman–Crippen LogP) is 4.72. The Morgan fingerprint density at radius 3 is 2.50 bits per heavy atom. The van der Waals surface area contributed by atoms with E-state index in [1.807, 2.05) is 60.9 Å². The Hall–Kier alpha value is -2.97. The minimum atomic E-state index is -0.151. The first-order valence-electron chi connectivity index (χ1n) is 9.41.